The molecule has 4 heteroatoms. The van der Waals surface area contributed by atoms with Gasteiger partial charge >= 0.3 is 0 Å². The van der Waals surface area contributed by atoms with E-state index in [9.17, 15) is 9.50 Å². The van der Waals surface area contributed by atoms with Crippen LogP contribution in [0.5, 0.6) is 0 Å². The second kappa shape index (κ2) is 5.80. The maximum absolute atomic E-state index is 13.0. The van der Waals surface area contributed by atoms with Crippen molar-refractivity contribution < 1.29 is 13.9 Å². The van der Waals surface area contributed by atoms with Gasteiger partial charge in [-0.2, -0.15) is 0 Å². The van der Waals surface area contributed by atoms with Gasteiger partial charge in [0, 0.05) is 6.54 Å². The molecular formula is C14H16FNO2. The highest BCUT2D eigenvalue weighted by atomic mass is 19.1. The third kappa shape index (κ3) is 3.18. The van der Waals surface area contributed by atoms with Crippen LogP contribution in [0.3, 0.4) is 0 Å². The van der Waals surface area contributed by atoms with Crippen LogP contribution in [0.4, 0.5) is 4.39 Å². The van der Waals surface area contributed by atoms with E-state index in [1.807, 2.05) is 19.1 Å². The Balaban J connectivity index is 1.90. The maximum Gasteiger partial charge on any atom is 0.123 e. The summed E-state index contributed by atoms with van der Waals surface area (Å²) in [5.74, 6) is 0.465. The first kappa shape index (κ1) is 12.8. The molecule has 96 valence electrons. The van der Waals surface area contributed by atoms with Crippen molar-refractivity contribution in [3.8, 4) is 0 Å². The number of aliphatic hydroxyl groups excluding tert-OH is 1. The summed E-state index contributed by atoms with van der Waals surface area (Å²) in [7, 11) is 0. The predicted molar refractivity (Wildman–Crippen MR) is 66.5 cm³/mol. The maximum atomic E-state index is 13.0. The van der Waals surface area contributed by atoms with Crippen LogP contribution in [0.25, 0.3) is 0 Å². The lowest BCUT2D eigenvalue weighted by Crippen LogP contribution is -2.24. The van der Waals surface area contributed by atoms with E-state index in [4.69, 9.17) is 4.42 Å². The number of hydrogen-bond donors (Lipinski definition) is 2. The first-order valence-electron chi connectivity index (χ1n) is 5.87. The van der Waals surface area contributed by atoms with Crippen LogP contribution in [0.15, 0.2) is 47.1 Å². The highest BCUT2D eigenvalue weighted by molar-refractivity contribution is 5.19. The summed E-state index contributed by atoms with van der Waals surface area (Å²) in [6.07, 6.45) is 0.870. The number of rotatable bonds is 5. The average molecular weight is 249 g/mol. The zero-order chi connectivity index (χ0) is 13.0. The fraction of sp³-hybridized carbons (Fsp3) is 0.286. The predicted octanol–water partition coefficient (Wildman–Crippen LogP) is 2.80. The number of benzene rings is 1. The van der Waals surface area contributed by atoms with Crippen LogP contribution >= 0.6 is 0 Å². The topological polar surface area (TPSA) is 45.4 Å². The molecule has 2 atom stereocenters. The molecule has 0 saturated heterocycles. The van der Waals surface area contributed by atoms with Crippen molar-refractivity contribution in [2.45, 2.75) is 19.1 Å². The lowest BCUT2D eigenvalue weighted by Gasteiger charge is -2.16. The standard InChI is InChI=1S/C14H16FNO2/c1-10(14-6-3-7-18-14)16-9-13(17)11-4-2-5-12(15)8-11/h2-8,10,13,16-17H,9H2,1H3/t10-,13?/m1/s1. The van der Waals surface area contributed by atoms with Crippen LogP contribution < -0.4 is 5.32 Å². The minimum Gasteiger partial charge on any atom is -0.468 e. The molecule has 0 spiro atoms. The zero-order valence-corrected chi connectivity index (χ0v) is 10.1. The Labute approximate surface area is 105 Å². The lowest BCUT2D eigenvalue weighted by atomic mass is 10.1. The molecule has 1 heterocycles. The number of nitrogens with one attached hydrogen (secondary N) is 1. The SMILES string of the molecule is C[C@@H](NCC(O)c1cccc(F)c1)c1ccco1. The number of hydrogen-bond acceptors (Lipinski definition) is 3. The Morgan fingerprint density at radius 3 is 2.83 bits per heavy atom. The molecule has 2 N–H and O–H groups in total. The lowest BCUT2D eigenvalue weighted by molar-refractivity contribution is 0.168. The van der Waals surface area contributed by atoms with Crippen molar-refractivity contribution in [2.24, 2.45) is 0 Å². The quantitative estimate of drug-likeness (QED) is 0.856. The van der Waals surface area contributed by atoms with Gasteiger partial charge in [0.1, 0.15) is 11.6 Å². The zero-order valence-electron chi connectivity index (χ0n) is 10.1. The summed E-state index contributed by atoms with van der Waals surface area (Å²) in [5.41, 5.74) is 0.564. The first-order chi connectivity index (χ1) is 8.66. The molecule has 0 aliphatic rings. The van der Waals surface area contributed by atoms with Gasteiger partial charge in [-0.15, -0.1) is 0 Å². The fourth-order valence-electron chi connectivity index (χ4n) is 1.76. The summed E-state index contributed by atoms with van der Waals surface area (Å²) in [6.45, 7) is 2.28. The molecule has 0 amide bonds. The Hall–Kier alpha value is -1.65. The molecule has 0 saturated carbocycles. The Kier molecular flexibility index (Phi) is 4.12. The van der Waals surface area contributed by atoms with E-state index in [2.05, 4.69) is 5.32 Å². The van der Waals surface area contributed by atoms with Crippen molar-refractivity contribution in [3.05, 3.63) is 59.8 Å². The minimum atomic E-state index is -0.738. The highest BCUT2D eigenvalue weighted by Gasteiger charge is 2.12. The van der Waals surface area contributed by atoms with Gasteiger partial charge in [-0.3, -0.25) is 0 Å². The van der Waals surface area contributed by atoms with Gasteiger partial charge in [-0.05, 0) is 36.8 Å². The van der Waals surface area contributed by atoms with Gasteiger partial charge in [-0.25, -0.2) is 4.39 Å². The van der Waals surface area contributed by atoms with E-state index in [1.165, 1.54) is 12.1 Å². The van der Waals surface area contributed by atoms with E-state index in [1.54, 1.807) is 18.4 Å². The van der Waals surface area contributed by atoms with E-state index < -0.39 is 6.10 Å². The first-order valence-corrected chi connectivity index (χ1v) is 5.87. The summed E-state index contributed by atoms with van der Waals surface area (Å²) in [5, 5.41) is 13.1. The average Bonchev–Trinajstić information content (AvgIpc) is 2.89. The van der Waals surface area contributed by atoms with Crippen LogP contribution in [-0.2, 0) is 0 Å². The van der Waals surface area contributed by atoms with Crippen LogP contribution in [0, 0.1) is 5.82 Å². The molecule has 1 aromatic carbocycles. The van der Waals surface area contributed by atoms with Crippen molar-refractivity contribution in [3.63, 3.8) is 0 Å². The van der Waals surface area contributed by atoms with Gasteiger partial charge < -0.3 is 14.8 Å². The van der Waals surface area contributed by atoms with Crippen molar-refractivity contribution in [1.82, 2.24) is 5.32 Å². The van der Waals surface area contributed by atoms with Crippen molar-refractivity contribution in [2.75, 3.05) is 6.54 Å². The van der Waals surface area contributed by atoms with Gasteiger partial charge in [0.15, 0.2) is 0 Å². The van der Waals surface area contributed by atoms with Gasteiger partial charge in [0.05, 0.1) is 18.4 Å². The molecule has 1 aromatic heterocycles. The summed E-state index contributed by atoms with van der Waals surface area (Å²) in [6, 6.07) is 9.67. The van der Waals surface area contributed by atoms with Gasteiger partial charge in [0.25, 0.3) is 0 Å². The smallest absolute Gasteiger partial charge is 0.123 e. The molecular weight excluding hydrogens is 233 g/mol. The third-order valence-electron chi connectivity index (χ3n) is 2.82. The van der Waals surface area contributed by atoms with Crippen molar-refractivity contribution >= 4 is 0 Å². The summed E-state index contributed by atoms with van der Waals surface area (Å²) >= 11 is 0. The molecule has 2 aromatic rings. The van der Waals surface area contributed by atoms with Gasteiger partial charge in [0.2, 0.25) is 0 Å². The Bertz CT molecular complexity index is 484. The van der Waals surface area contributed by atoms with Gasteiger partial charge in [-0.1, -0.05) is 12.1 Å². The number of aliphatic hydroxyl groups is 1. The van der Waals surface area contributed by atoms with Crippen LogP contribution in [0.2, 0.25) is 0 Å². The molecule has 0 aliphatic heterocycles. The normalized spacial score (nSPS) is 14.4. The van der Waals surface area contributed by atoms with E-state index in [0.717, 1.165) is 5.76 Å². The minimum absolute atomic E-state index is 0.00297. The summed E-state index contributed by atoms with van der Waals surface area (Å²) in [4.78, 5) is 0. The molecule has 3 nitrogen and oxygen atoms in total. The largest absolute Gasteiger partial charge is 0.468 e. The van der Waals surface area contributed by atoms with Crippen molar-refractivity contribution in [1.29, 1.82) is 0 Å². The van der Waals surface area contributed by atoms with Crippen LogP contribution in [-0.4, -0.2) is 11.7 Å². The molecule has 0 aliphatic carbocycles. The molecule has 0 bridgehead atoms. The molecule has 1 unspecified atom stereocenters. The number of furan rings is 1. The second-order valence-electron chi connectivity index (χ2n) is 4.22. The highest BCUT2D eigenvalue weighted by Crippen LogP contribution is 2.16. The number of halogens is 1. The molecule has 18 heavy (non-hydrogen) atoms. The fourth-order valence-corrected chi connectivity index (χ4v) is 1.76. The second-order valence-corrected chi connectivity index (χ2v) is 4.22. The molecule has 0 fully saturated rings. The Morgan fingerprint density at radius 2 is 2.17 bits per heavy atom. The van der Waals surface area contributed by atoms with E-state index in [0.29, 0.717) is 12.1 Å². The monoisotopic (exact) mass is 249 g/mol. The van der Waals surface area contributed by atoms with Crippen LogP contribution in [0.1, 0.15) is 30.4 Å². The Morgan fingerprint density at radius 1 is 1.33 bits per heavy atom. The summed E-state index contributed by atoms with van der Waals surface area (Å²) < 4.78 is 18.3. The van der Waals surface area contributed by atoms with E-state index >= 15 is 0 Å². The molecule has 2 rings (SSSR count). The molecule has 0 radical (unpaired) electrons. The third-order valence-corrected chi connectivity index (χ3v) is 2.82. The van der Waals surface area contributed by atoms with E-state index in [-0.39, 0.29) is 11.9 Å².